The number of rotatable bonds is 10. The molecule has 0 spiro atoms. The molecule has 0 N–H and O–H groups in total. The number of methoxy groups -OCH3 is 2. The molecule has 0 saturated carbocycles. The number of hydrogen-bond donors (Lipinski definition) is 0. The van der Waals surface area contributed by atoms with Gasteiger partial charge < -0.3 is 24.0 Å². The van der Waals surface area contributed by atoms with Crippen LogP contribution >= 0.6 is 0 Å². The van der Waals surface area contributed by atoms with Crippen LogP contribution < -0.4 is 14.4 Å². The topological polar surface area (TPSA) is 54.5 Å². The lowest BCUT2D eigenvalue weighted by Crippen LogP contribution is -2.49. The third-order valence-electron chi connectivity index (χ3n) is 6.85. The monoisotopic (exact) mass is 479 g/mol. The number of anilines is 1. The third kappa shape index (κ3) is 6.16. The van der Waals surface area contributed by atoms with Crippen LogP contribution in [0.15, 0.2) is 55.1 Å². The molecule has 7 heteroatoms. The second kappa shape index (κ2) is 12.1. The number of ether oxygens (including phenoxy) is 3. The highest BCUT2D eigenvalue weighted by molar-refractivity contribution is 5.97. The third-order valence-corrected chi connectivity index (χ3v) is 6.85. The van der Waals surface area contributed by atoms with Crippen molar-refractivity contribution < 1.29 is 19.0 Å². The van der Waals surface area contributed by atoms with Crippen LogP contribution in [0.5, 0.6) is 11.5 Å². The molecule has 2 saturated heterocycles. The van der Waals surface area contributed by atoms with E-state index in [1.807, 2.05) is 4.90 Å². The summed E-state index contributed by atoms with van der Waals surface area (Å²) < 4.78 is 16.9. The average molecular weight is 480 g/mol. The van der Waals surface area contributed by atoms with Crippen LogP contribution in [0.1, 0.15) is 34.9 Å². The van der Waals surface area contributed by atoms with Gasteiger partial charge in [-0.15, -0.1) is 6.58 Å². The predicted molar refractivity (Wildman–Crippen MR) is 139 cm³/mol. The fourth-order valence-electron chi connectivity index (χ4n) is 4.85. The van der Waals surface area contributed by atoms with E-state index >= 15 is 0 Å². The van der Waals surface area contributed by atoms with Gasteiger partial charge in [-0.1, -0.05) is 18.2 Å². The van der Waals surface area contributed by atoms with E-state index in [0.717, 1.165) is 32.7 Å². The van der Waals surface area contributed by atoms with Gasteiger partial charge in [-0.05, 0) is 42.7 Å². The molecule has 1 unspecified atom stereocenters. The van der Waals surface area contributed by atoms with Gasteiger partial charge in [0.2, 0.25) is 0 Å². The fraction of sp³-hybridized carbons (Fsp3) is 0.464. The molecular weight excluding hydrogens is 442 g/mol. The highest BCUT2D eigenvalue weighted by Gasteiger charge is 2.27. The zero-order valence-electron chi connectivity index (χ0n) is 20.9. The van der Waals surface area contributed by atoms with Crippen molar-refractivity contribution in [3.05, 3.63) is 66.2 Å². The number of hydrogen-bond acceptors (Lipinski definition) is 6. The summed E-state index contributed by atoms with van der Waals surface area (Å²) in [5, 5.41) is 0. The van der Waals surface area contributed by atoms with Crippen molar-refractivity contribution in [3.8, 4) is 11.5 Å². The largest absolute Gasteiger partial charge is 0.497 e. The van der Waals surface area contributed by atoms with Crippen molar-refractivity contribution in [1.29, 1.82) is 0 Å². The first-order valence-electron chi connectivity index (χ1n) is 12.4. The Morgan fingerprint density at radius 1 is 1.00 bits per heavy atom. The van der Waals surface area contributed by atoms with Crippen molar-refractivity contribution in [2.45, 2.75) is 18.9 Å². The smallest absolute Gasteiger partial charge is 0.257 e. The lowest BCUT2D eigenvalue weighted by atomic mass is 10.1. The Kier molecular flexibility index (Phi) is 8.66. The van der Waals surface area contributed by atoms with Crippen molar-refractivity contribution in [2.24, 2.45) is 0 Å². The van der Waals surface area contributed by atoms with Gasteiger partial charge in [0.25, 0.3) is 5.91 Å². The van der Waals surface area contributed by atoms with Crippen LogP contribution in [0.3, 0.4) is 0 Å². The van der Waals surface area contributed by atoms with Crippen LogP contribution in [0, 0.1) is 0 Å². The lowest BCUT2D eigenvalue weighted by molar-refractivity contribution is 0.0245. The average Bonchev–Trinajstić information content (AvgIpc) is 3.46. The molecule has 2 fully saturated rings. The predicted octanol–water partition coefficient (Wildman–Crippen LogP) is 4.01. The Morgan fingerprint density at radius 3 is 2.46 bits per heavy atom. The maximum absolute atomic E-state index is 13.2. The molecule has 4 rings (SSSR count). The zero-order valence-corrected chi connectivity index (χ0v) is 20.9. The van der Waals surface area contributed by atoms with E-state index in [0.29, 0.717) is 36.8 Å². The minimum absolute atomic E-state index is 0.0121. The minimum Gasteiger partial charge on any atom is -0.497 e. The first-order valence-corrected chi connectivity index (χ1v) is 12.4. The molecule has 1 amide bonds. The second-order valence-corrected chi connectivity index (χ2v) is 9.06. The van der Waals surface area contributed by atoms with Gasteiger partial charge in [0.1, 0.15) is 11.5 Å². The lowest BCUT2D eigenvalue weighted by Gasteiger charge is -2.36. The Labute approximate surface area is 208 Å². The van der Waals surface area contributed by atoms with E-state index in [-0.39, 0.29) is 12.0 Å². The van der Waals surface area contributed by atoms with Gasteiger partial charge in [0.15, 0.2) is 0 Å². The van der Waals surface area contributed by atoms with Crippen LogP contribution in [0.2, 0.25) is 0 Å². The molecular formula is C28H37N3O4. The summed E-state index contributed by atoms with van der Waals surface area (Å²) in [5.74, 6) is 1.19. The highest BCUT2D eigenvalue weighted by atomic mass is 16.5. The molecule has 1 atom stereocenters. The van der Waals surface area contributed by atoms with Crippen molar-refractivity contribution in [3.63, 3.8) is 0 Å². The quantitative estimate of drug-likeness (QED) is 0.480. The normalized spacial score (nSPS) is 17.3. The molecule has 0 aliphatic carbocycles. The first-order chi connectivity index (χ1) is 17.1. The molecule has 0 bridgehead atoms. The van der Waals surface area contributed by atoms with Gasteiger partial charge in [-0.2, -0.15) is 0 Å². The first kappa shape index (κ1) is 25.1. The van der Waals surface area contributed by atoms with Crippen LogP contribution in [-0.2, 0) is 4.74 Å². The zero-order chi connectivity index (χ0) is 24.6. The summed E-state index contributed by atoms with van der Waals surface area (Å²) in [6.07, 6.45) is 4.27. The Hall–Kier alpha value is -3.03. The van der Waals surface area contributed by atoms with Crippen LogP contribution in [-0.4, -0.2) is 82.3 Å². The van der Waals surface area contributed by atoms with Crippen molar-refractivity contribution in [2.75, 3.05) is 71.5 Å². The summed E-state index contributed by atoms with van der Waals surface area (Å²) in [7, 11) is 3.18. The molecule has 7 nitrogen and oxygen atoms in total. The number of carbonyl (C=O) groups is 1. The number of amides is 1. The molecule has 0 aromatic heterocycles. The number of carbonyl (C=O) groups excluding carboxylic acids is 1. The van der Waals surface area contributed by atoms with Crippen molar-refractivity contribution >= 4 is 11.6 Å². The van der Waals surface area contributed by atoms with Gasteiger partial charge in [-0.3, -0.25) is 9.69 Å². The van der Waals surface area contributed by atoms with Gasteiger partial charge in [0, 0.05) is 57.6 Å². The van der Waals surface area contributed by atoms with Crippen LogP contribution in [0.4, 0.5) is 5.69 Å². The van der Waals surface area contributed by atoms with E-state index < -0.39 is 0 Å². The summed E-state index contributed by atoms with van der Waals surface area (Å²) in [5.41, 5.74) is 3.03. The highest BCUT2D eigenvalue weighted by Crippen LogP contribution is 2.28. The number of nitrogens with zero attached hydrogens (tertiary/aromatic N) is 3. The Bertz CT molecular complexity index is 997. The molecule has 2 aliphatic rings. The second-order valence-electron chi connectivity index (χ2n) is 9.06. The summed E-state index contributed by atoms with van der Waals surface area (Å²) in [4.78, 5) is 19.9. The van der Waals surface area contributed by atoms with E-state index in [2.05, 4.69) is 40.6 Å². The Morgan fingerprint density at radius 2 is 1.77 bits per heavy atom. The SMILES string of the molecule is C=CCOC(CN1CCN(C(=O)c2ccc(OC)cc2OC)CC1)c1cccc(N2CCCC2)c1. The standard InChI is InChI=1S/C28H37N3O4/c1-4-18-35-27(22-8-7-9-23(19-22)30-12-5-6-13-30)21-29-14-16-31(17-15-29)28(32)25-11-10-24(33-2)20-26(25)34-3/h4,7-11,19-20,27H,1,5-6,12-18,21H2,2-3H3. The number of piperazine rings is 1. The van der Waals surface area contributed by atoms with E-state index in [1.54, 1.807) is 38.5 Å². The molecule has 35 heavy (non-hydrogen) atoms. The molecule has 2 aliphatic heterocycles. The Balaban J connectivity index is 1.39. The van der Waals surface area contributed by atoms with E-state index in [1.165, 1.54) is 24.1 Å². The summed E-state index contributed by atoms with van der Waals surface area (Å²) in [6.45, 7) is 10.3. The van der Waals surface area contributed by atoms with E-state index in [4.69, 9.17) is 14.2 Å². The molecule has 2 heterocycles. The molecule has 0 radical (unpaired) electrons. The molecule has 188 valence electrons. The van der Waals surface area contributed by atoms with Gasteiger partial charge in [-0.25, -0.2) is 0 Å². The molecule has 2 aromatic carbocycles. The maximum Gasteiger partial charge on any atom is 0.257 e. The van der Waals surface area contributed by atoms with E-state index in [9.17, 15) is 4.79 Å². The van der Waals surface area contributed by atoms with Crippen LogP contribution in [0.25, 0.3) is 0 Å². The minimum atomic E-state index is -0.0421. The summed E-state index contributed by atoms with van der Waals surface area (Å²) >= 11 is 0. The summed E-state index contributed by atoms with van der Waals surface area (Å²) in [6, 6.07) is 14.1. The van der Waals surface area contributed by atoms with Crippen molar-refractivity contribution in [1.82, 2.24) is 9.80 Å². The van der Waals surface area contributed by atoms with Gasteiger partial charge in [0.05, 0.1) is 32.5 Å². The number of benzene rings is 2. The maximum atomic E-state index is 13.2. The fourth-order valence-corrected chi connectivity index (χ4v) is 4.85. The molecule has 2 aromatic rings. The van der Waals surface area contributed by atoms with Gasteiger partial charge >= 0.3 is 0 Å².